The van der Waals surface area contributed by atoms with E-state index >= 15 is 0 Å². The van der Waals surface area contributed by atoms with E-state index in [2.05, 4.69) is 34.1 Å². The minimum Gasteiger partial charge on any atom is -0.345 e. The standard InChI is InChI=1S/C17H18N4O/c1-11(2)16(14-5-3-4-8-18-14)21-17(22)12-6-7-13-15(9-12)20-10-19-13/h3-11,16H,1-2H3,(H,19,20)(H,21,22)/t16-/m1/s1. The van der Waals surface area contributed by atoms with Crippen molar-refractivity contribution in [2.75, 3.05) is 0 Å². The average molecular weight is 294 g/mol. The summed E-state index contributed by atoms with van der Waals surface area (Å²) in [7, 11) is 0. The Morgan fingerprint density at radius 3 is 2.77 bits per heavy atom. The van der Waals surface area contributed by atoms with Crippen LogP contribution in [0, 0.1) is 5.92 Å². The SMILES string of the molecule is CC(C)[C@@H](NC(=O)c1ccc2nc[nH]c2c1)c1ccccn1. The van der Waals surface area contributed by atoms with Gasteiger partial charge in [-0.15, -0.1) is 0 Å². The second kappa shape index (κ2) is 5.97. The van der Waals surface area contributed by atoms with Crippen molar-refractivity contribution in [1.29, 1.82) is 0 Å². The van der Waals surface area contributed by atoms with Crippen molar-refractivity contribution in [2.24, 2.45) is 5.92 Å². The highest BCUT2D eigenvalue weighted by Crippen LogP contribution is 2.20. The number of carbonyl (C=O) groups excluding carboxylic acids is 1. The molecule has 2 heterocycles. The van der Waals surface area contributed by atoms with Crippen LogP contribution in [0.4, 0.5) is 0 Å². The van der Waals surface area contributed by atoms with Crippen LogP contribution >= 0.6 is 0 Å². The molecule has 2 N–H and O–H groups in total. The third-order valence-corrected chi connectivity index (χ3v) is 3.64. The van der Waals surface area contributed by atoms with E-state index in [4.69, 9.17) is 0 Å². The van der Waals surface area contributed by atoms with Gasteiger partial charge in [-0.25, -0.2) is 4.98 Å². The molecule has 5 heteroatoms. The first kappa shape index (κ1) is 14.3. The number of rotatable bonds is 4. The van der Waals surface area contributed by atoms with E-state index in [0.717, 1.165) is 16.7 Å². The number of hydrogen-bond acceptors (Lipinski definition) is 3. The normalized spacial score (nSPS) is 12.5. The number of carbonyl (C=O) groups is 1. The molecule has 112 valence electrons. The maximum absolute atomic E-state index is 12.5. The van der Waals surface area contributed by atoms with E-state index in [1.54, 1.807) is 18.6 Å². The number of aromatic nitrogens is 3. The number of nitrogens with one attached hydrogen (secondary N) is 2. The molecule has 1 amide bonds. The molecule has 1 atom stereocenters. The summed E-state index contributed by atoms with van der Waals surface area (Å²) in [5.74, 6) is 0.135. The van der Waals surface area contributed by atoms with Crippen LogP contribution in [0.1, 0.15) is 35.9 Å². The highest BCUT2D eigenvalue weighted by atomic mass is 16.1. The second-order valence-corrected chi connectivity index (χ2v) is 5.58. The summed E-state index contributed by atoms with van der Waals surface area (Å²) in [5.41, 5.74) is 3.18. The zero-order chi connectivity index (χ0) is 15.5. The van der Waals surface area contributed by atoms with Crippen LogP contribution in [0.15, 0.2) is 48.9 Å². The van der Waals surface area contributed by atoms with Gasteiger partial charge >= 0.3 is 0 Å². The van der Waals surface area contributed by atoms with Crippen molar-refractivity contribution in [3.63, 3.8) is 0 Å². The van der Waals surface area contributed by atoms with E-state index in [1.807, 2.05) is 30.3 Å². The number of H-pyrrole nitrogens is 1. The third kappa shape index (κ3) is 2.83. The minimum atomic E-state index is -0.119. The maximum Gasteiger partial charge on any atom is 0.251 e. The Labute approximate surface area is 128 Å². The Morgan fingerprint density at radius 2 is 2.05 bits per heavy atom. The quantitative estimate of drug-likeness (QED) is 0.776. The van der Waals surface area contributed by atoms with E-state index in [9.17, 15) is 4.79 Å². The molecule has 0 aliphatic carbocycles. The Hall–Kier alpha value is -2.69. The number of hydrogen-bond donors (Lipinski definition) is 2. The van der Waals surface area contributed by atoms with E-state index in [-0.39, 0.29) is 17.9 Å². The van der Waals surface area contributed by atoms with Crippen molar-refractivity contribution in [3.8, 4) is 0 Å². The number of aromatic amines is 1. The molecule has 0 radical (unpaired) electrons. The number of nitrogens with zero attached hydrogens (tertiary/aromatic N) is 2. The summed E-state index contributed by atoms with van der Waals surface area (Å²) in [6, 6.07) is 11.1. The molecule has 0 aliphatic rings. The Bertz CT molecular complexity index is 779. The van der Waals surface area contributed by atoms with Gasteiger partial charge in [-0.3, -0.25) is 9.78 Å². The molecule has 3 aromatic rings. The van der Waals surface area contributed by atoms with Crippen molar-refractivity contribution < 1.29 is 4.79 Å². The van der Waals surface area contributed by atoms with Crippen LogP contribution in [0.2, 0.25) is 0 Å². The predicted octanol–water partition coefficient (Wildman–Crippen LogP) is 3.09. The van der Waals surface area contributed by atoms with Gasteiger partial charge in [0.25, 0.3) is 5.91 Å². The lowest BCUT2D eigenvalue weighted by Gasteiger charge is -2.22. The molecule has 0 aliphatic heterocycles. The van der Waals surface area contributed by atoms with Gasteiger partial charge in [0.1, 0.15) is 0 Å². The average Bonchev–Trinajstić information content (AvgIpc) is 3.00. The number of imidazole rings is 1. The van der Waals surface area contributed by atoms with Crippen LogP contribution in [0.25, 0.3) is 11.0 Å². The van der Waals surface area contributed by atoms with Gasteiger partial charge in [0.05, 0.1) is 29.1 Å². The van der Waals surface area contributed by atoms with Crippen molar-refractivity contribution >= 4 is 16.9 Å². The summed E-state index contributed by atoms with van der Waals surface area (Å²) in [6.45, 7) is 4.13. The summed E-state index contributed by atoms with van der Waals surface area (Å²) in [6.07, 6.45) is 3.37. The maximum atomic E-state index is 12.5. The van der Waals surface area contributed by atoms with Gasteiger partial charge in [-0.05, 0) is 36.2 Å². The Morgan fingerprint density at radius 1 is 1.18 bits per heavy atom. The van der Waals surface area contributed by atoms with Gasteiger partial charge in [-0.1, -0.05) is 19.9 Å². The first-order valence-corrected chi connectivity index (χ1v) is 7.30. The molecule has 3 rings (SSSR count). The Kier molecular flexibility index (Phi) is 3.87. The molecule has 5 nitrogen and oxygen atoms in total. The van der Waals surface area contributed by atoms with Crippen LogP contribution in [0.5, 0.6) is 0 Å². The third-order valence-electron chi connectivity index (χ3n) is 3.64. The van der Waals surface area contributed by atoms with Crippen LogP contribution in [-0.2, 0) is 0 Å². The fourth-order valence-corrected chi connectivity index (χ4v) is 2.44. The van der Waals surface area contributed by atoms with Gasteiger partial charge in [0.15, 0.2) is 0 Å². The molecule has 0 fully saturated rings. The summed E-state index contributed by atoms with van der Waals surface area (Å²) >= 11 is 0. The number of amides is 1. The van der Waals surface area contributed by atoms with E-state index < -0.39 is 0 Å². The number of pyridine rings is 1. The van der Waals surface area contributed by atoms with Crippen molar-refractivity contribution in [2.45, 2.75) is 19.9 Å². The lowest BCUT2D eigenvalue weighted by molar-refractivity contribution is 0.0924. The first-order valence-electron chi connectivity index (χ1n) is 7.30. The summed E-state index contributed by atoms with van der Waals surface area (Å²) in [4.78, 5) is 24.1. The monoisotopic (exact) mass is 294 g/mol. The van der Waals surface area contributed by atoms with Gasteiger partial charge in [-0.2, -0.15) is 0 Å². The van der Waals surface area contributed by atoms with Crippen LogP contribution in [-0.4, -0.2) is 20.9 Å². The minimum absolute atomic E-state index is 0.110. The first-order chi connectivity index (χ1) is 10.6. The fraction of sp³-hybridized carbons (Fsp3) is 0.235. The number of fused-ring (bicyclic) bond motifs is 1. The van der Waals surface area contributed by atoms with Crippen molar-refractivity contribution in [3.05, 3.63) is 60.2 Å². The van der Waals surface area contributed by atoms with Gasteiger partial charge < -0.3 is 10.3 Å². The zero-order valence-electron chi connectivity index (χ0n) is 12.6. The fourth-order valence-electron chi connectivity index (χ4n) is 2.44. The summed E-state index contributed by atoms with van der Waals surface area (Å²) in [5, 5.41) is 3.07. The molecular formula is C17H18N4O. The van der Waals surface area contributed by atoms with Gasteiger partial charge in [0.2, 0.25) is 0 Å². The molecule has 0 saturated heterocycles. The Balaban J connectivity index is 1.84. The highest BCUT2D eigenvalue weighted by Gasteiger charge is 2.20. The molecule has 22 heavy (non-hydrogen) atoms. The lowest BCUT2D eigenvalue weighted by Crippen LogP contribution is -2.32. The molecule has 0 spiro atoms. The van der Waals surface area contributed by atoms with E-state index in [0.29, 0.717) is 5.56 Å². The molecule has 0 bridgehead atoms. The molecular weight excluding hydrogens is 276 g/mol. The molecule has 0 unspecified atom stereocenters. The predicted molar refractivity (Wildman–Crippen MR) is 85.4 cm³/mol. The van der Waals surface area contributed by atoms with E-state index in [1.165, 1.54) is 0 Å². The van der Waals surface area contributed by atoms with Crippen LogP contribution < -0.4 is 5.32 Å². The second-order valence-electron chi connectivity index (χ2n) is 5.58. The molecule has 1 aromatic carbocycles. The van der Waals surface area contributed by atoms with Crippen LogP contribution in [0.3, 0.4) is 0 Å². The topological polar surface area (TPSA) is 70.7 Å². The smallest absolute Gasteiger partial charge is 0.251 e. The largest absolute Gasteiger partial charge is 0.345 e. The molecule has 2 aromatic heterocycles. The zero-order valence-corrected chi connectivity index (χ0v) is 12.6. The van der Waals surface area contributed by atoms with Crippen molar-refractivity contribution in [1.82, 2.24) is 20.3 Å². The summed E-state index contributed by atoms with van der Waals surface area (Å²) < 4.78 is 0. The lowest BCUT2D eigenvalue weighted by atomic mass is 9.99. The highest BCUT2D eigenvalue weighted by molar-refractivity contribution is 5.97. The van der Waals surface area contributed by atoms with Gasteiger partial charge in [0, 0.05) is 11.8 Å². The molecule has 0 saturated carbocycles. The number of benzene rings is 1.